The zero-order valence-electron chi connectivity index (χ0n) is 12.4. The third kappa shape index (κ3) is 2.98. The van der Waals surface area contributed by atoms with Crippen LogP contribution >= 0.6 is 11.3 Å². The molecule has 21 heavy (non-hydrogen) atoms. The van der Waals surface area contributed by atoms with E-state index in [0.717, 1.165) is 31.1 Å². The van der Waals surface area contributed by atoms with Gasteiger partial charge in [-0.05, 0) is 32.2 Å². The summed E-state index contributed by atoms with van der Waals surface area (Å²) in [5, 5.41) is 7.07. The highest BCUT2D eigenvalue weighted by Gasteiger charge is 2.38. The van der Waals surface area contributed by atoms with Crippen molar-refractivity contribution in [1.82, 2.24) is 15.2 Å². The van der Waals surface area contributed by atoms with Gasteiger partial charge in [-0.2, -0.15) is 0 Å². The van der Waals surface area contributed by atoms with Crippen molar-refractivity contribution >= 4 is 28.2 Å². The summed E-state index contributed by atoms with van der Waals surface area (Å²) >= 11 is 1.34. The van der Waals surface area contributed by atoms with Crippen LogP contribution in [-0.4, -0.2) is 47.5 Å². The van der Waals surface area contributed by atoms with E-state index in [1.165, 1.54) is 30.7 Å². The lowest BCUT2D eigenvalue weighted by Crippen LogP contribution is -2.42. The van der Waals surface area contributed by atoms with Crippen LogP contribution in [0.2, 0.25) is 0 Å². The third-order valence-electron chi connectivity index (χ3n) is 4.31. The van der Waals surface area contributed by atoms with Crippen molar-refractivity contribution in [3.63, 3.8) is 0 Å². The number of rotatable bonds is 5. The number of nitrogens with zero attached hydrogens (tertiary/aromatic N) is 2. The molecule has 2 atom stereocenters. The predicted molar refractivity (Wildman–Crippen MR) is 85.8 cm³/mol. The molecule has 2 saturated heterocycles. The van der Waals surface area contributed by atoms with Gasteiger partial charge in [0.2, 0.25) is 0 Å². The lowest BCUT2D eigenvalue weighted by atomic mass is 10.1. The van der Waals surface area contributed by atoms with Crippen LogP contribution in [0.5, 0.6) is 0 Å². The van der Waals surface area contributed by atoms with E-state index in [0.29, 0.717) is 16.7 Å². The monoisotopic (exact) mass is 309 g/mol. The molecule has 0 aliphatic carbocycles. The van der Waals surface area contributed by atoms with Gasteiger partial charge >= 0.3 is 0 Å². The normalized spacial score (nSPS) is 25.0. The fourth-order valence-corrected chi connectivity index (χ4v) is 4.10. The molecule has 0 bridgehead atoms. The van der Waals surface area contributed by atoms with Crippen LogP contribution < -0.4 is 16.4 Å². The van der Waals surface area contributed by atoms with E-state index in [4.69, 9.17) is 5.73 Å². The molecule has 6 nitrogen and oxygen atoms in total. The average Bonchev–Trinajstić information content (AvgIpc) is 3.14. The summed E-state index contributed by atoms with van der Waals surface area (Å²) < 4.78 is 0. The average molecular weight is 309 g/mol. The lowest BCUT2D eigenvalue weighted by Gasteiger charge is -2.20. The number of hydrogen-bond donors (Lipinski definition) is 3. The second-order valence-electron chi connectivity index (χ2n) is 5.77. The highest BCUT2D eigenvalue weighted by Crippen LogP contribution is 2.29. The van der Waals surface area contributed by atoms with Crippen LogP contribution in [0.25, 0.3) is 0 Å². The molecule has 0 radical (unpaired) electrons. The number of carbonyl (C=O) groups is 1. The lowest BCUT2D eigenvalue weighted by molar-refractivity contribution is 0.0934. The summed E-state index contributed by atoms with van der Waals surface area (Å²) in [5.41, 5.74) is 5.88. The van der Waals surface area contributed by atoms with Crippen molar-refractivity contribution in [1.29, 1.82) is 0 Å². The van der Waals surface area contributed by atoms with Gasteiger partial charge in [0.1, 0.15) is 10.7 Å². The molecule has 4 N–H and O–H groups in total. The van der Waals surface area contributed by atoms with Crippen molar-refractivity contribution in [3.8, 4) is 0 Å². The molecule has 116 valence electrons. The molecule has 3 rings (SSSR count). The molecular formula is C14H23N5OS. The summed E-state index contributed by atoms with van der Waals surface area (Å²) in [5.74, 6) is 0.255. The first kappa shape index (κ1) is 14.6. The number of amides is 1. The Bertz CT molecular complexity index is 517. The molecular weight excluding hydrogens is 286 g/mol. The number of aromatic nitrogens is 1. The first-order chi connectivity index (χ1) is 10.2. The molecule has 2 aliphatic heterocycles. The minimum atomic E-state index is -0.0756. The Labute approximate surface area is 129 Å². The molecule has 1 amide bonds. The fourth-order valence-electron chi connectivity index (χ4n) is 3.29. The molecule has 2 fully saturated rings. The highest BCUT2D eigenvalue weighted by atomic mass is 32.1. The molecule has 7 heteroatoms. The number of nitrogens with two attached hydrogens (primary N) is 1. The Morgan fingerprint density at radius 1 is 1.48 bits per heavy atom. The van der Waals surface area contributed by atoms with Crippen molar-refractivity contribution < 1.29 is 4.79 Å². The number of nitrogens with one attached hydrogen (secondary N) is 2. The van der Waals surface area contributed by atoms with Gasteiger partial charge in [-0.15, -0.1) is 0 Å². The van der Waals surface area contributed by atoms with Gasteiger partial charge in [-0.1, -0.05) is 18.3 Å². The Morgan fingerprint density at radius 3 is 3.14 bits per heavy atom. The summed E-state index contributed by atoms with van der Waals surface area (Å²) in [6.45, 7) is 5.20. The molecule has 1 aromatic rings. The molecule has 2 unspecified atom stereocenters. The second-order valence-corrected chi connectivity index (χ2v) is 6.77. The zero-order chi connectivity index (χ0) is 14.8. The van der Waals surface area contributed by atoms with Crippen molar-refractivity contribution in [2.45, 2.75) is 44.7 Å². The van der Waals surface area contributed by atoms with Crippen LogP contribution in [-0.2, 0) is 0 Å². The Balaban J connectivity index is 1.64. The van der Waals surface area contributed by atoms with Gasteiger partial charge in [-0.25, -0.2) is 4.98 Å². The zero-order valence-corrected chi connectivity index (χ0v) is 13.2. The SMILES string of the molecule is CCCNc1nc(N)c(C(=O)NC2CCN3CCCC23)s1. The maximum absolute atomic E-state index is 12.4. The van der Waals surface area contributed by atoms with E-state index in [-0.39, 0.29) is 11.9 Å². The van der Waals surface area contributed by atoms with Gasteiger partial charge < -0.3 is 16.4 Å². The van der Waals surface area contributed by atoms with Crippen molar-refractivity contribution in [2.75, 3.05) is 30.7 Å². The standard InChI is InChI=1S/C14H23N5OS/c1-2-6-16-14-18-12(15)11(21-14)13(20)17-9-5-8-19-7-3-4-10(9)19/h9-10H,2-8,15H2,1H3,(H,16,18)(H,17,20). The molecule has 0 aromatic carbocycles. The van der Waals surface area contributed by atoms with Gasteiger partial charge in [-0.3, -0.25) is 9.69 Å². The Morgan fingerprint density at radius 2 is 2.33 bits per heavy atom. The third-order valence-corrected chi connectivity index (χ3v) is 5.34. The molecule has 2 aliphatic rings. The molecule has 0 spiro atoms. The van der Waals surface area contributed by atoms with Crippen LogP contribution in [0.3, 0.4) is 0 Å². The Kier molecular flexibility index (Phi) is 4.30. The number of thiazole rings is 1. The minimum Gasteiger partial charge on any atom is -0.382 e. The maximum atomic E-state index is 12.4. The number of anilines is 2. The maximum Gasteiger partial charge on any atom is 0.265 e. The molecule has 1 aromatic heterocycles. The fraction of sp³-hybridized carbons (Fsp3) is 0.714. The number of carbonyl (C=O) groups excluding carboxylic acids is 1. The van der Waals surface area contributed by atoms with E-state index < -0.39 is 0 Å². The van der Waals surface area contributed by atoms with Crippen LogP contribution in [0, 0.1) is 0 Å². The number of nitrogen functional groups attached to an aromatic ring is 1. The van der Waals surface area contributed by atoms with Crippen molar-refractivity contribution in [2.24, 2.45) is 0 Å². The van der Waals surface area contributed by atoms with Crippen LogP contribution in [0.1, 0.15) is 42.3 Å². The number of hydrogen-bond acceptors (Lipinski definition) is 6. The van der Waals surface area contributed by atoms with E-state index in [1.807, 2.05) is 0 Å². The van der Waals surface area contributed by atoms with E-state index in [9.17, 15) is 4.79 Å². The minimum absolute atomic E-state index is 0.0756. The van der Waals surface area contributed by atoms with Gasteiger partial charge in [0, 0.05) is 25.2 Å². The van der Waals surface area contributed by atoms with Crippen LogP contribution in [0.15, 0.2) is 0 Å². The second kappa shape index (κ2) is 6.19. The summed E-state index contributed by atoms with van der Waals surface area (Å²) in [6.07, 6.45) is 4.48. The quantitative estimate of drug-likeness (QED) is 0.768. The van der Waals surface area contributed by atoms with Gasteiger partial charge in [0.05, 0.1) is 0 Å². The Hall–Kier alpha value is -1.34. The predicted octanol–water partition coefficient (Wildman–Crippen LogP) is 1.51. The largest absolute Gasteiger partial charge is 0.382 e. The van der Waals surface area contributed by atoms with Gasteiger partial charge in [0.25, 0.3) is 5.91 Å². The summed E-state index contributed by atoms with van der Waals surface area (Å²) in [6, 6.07) is 0.773. The summed E-state index contributed by atoms with van der Waals surface area (Å²) in [4.78, 5) is 19.7. The molecule has 3 heterocycles. The van der Waals surface area contributed by atoms with E-state index in [2.05, 4.69) is 27.4 Å². The van der Waals surface area contributed by atoms with E-state index in [1.54, 1.807) is 0 Å². The first-order valence-electron chi connectivity index (χ1n) is 7.74. The first-order valence-corrected chi connectivity index (χ1v) is 8.55. The summed E-state index contributed by atoms with van der Waals surface area (Å²) in [7, 11) is 0. The van der Waals surface area contributed by atoms with E-state index >= 15 is 0 Å². The molecule has 0 saturated carbocycles. The van der Waals surface area contributed by atoms with Gasteiger partial charge in [0.15, 0.2) is 5.13 Å². The highest BCUT2D eigenvalue weighted by molar-refractivity contribution is 7.18. The number of fused-ring (bicyclic) bond motifs is 1. The van der Waals surface area contributed by atoms with Crippen LogP contribution in [0.4, 0.5) is 10.9 Å². The smallest absolute Gasteiger partial charge is 0.265 e. The van der Waals surface area contributed by atoms with Crippen molar-refractivity contribution in [3.05, 3.63) is 4.88 Å². The topological polar surface area (TPSA) is 83.3 Å².